The highest BCUT2D eigenvalue weighted by Crippen LogP contribution is 2.19. The highest BCUT2D eigenvalue weighted by molar-refractivity contribution is 5.92. The van der Waals surface area contributed by atoms with E-state index in [4.69, 9.17) is 0 Å². The lowest BCUT2D eigenvalue weighted by Gasteiger charge is -2.17. The molecule has 18 heavy (non-hydrogen) atoms. The van der Waals surface area contributed by atoms with Crippen LogP contribution in [0.3, 0.4) is 0 Å². The number of carbonyl (C=O) groups excluding carboxylic acids is 1. The molecule has 1 heterocycles. The zero-order chi connectivity index (χ0) is 12.8. The number of benzene rings is 1. The Balaban J connectivity index is 2.02. The van der Waals surface area contributed by atoms with Gasteiger partial charge in [-0.05, 0) is 44.6 Å². The molecule has 4 heteroatoms. The predicted molar refractivity (Wildman–Crippen MR) is 73.5 cm³/mol. The van der Waals surface area contributed by atoms with E-state index < -0.39 is 0 Å². The van der Waals surface area contributed by atoms with Gasteiger partial charge < -0.3 is 10.6 Å². The van der Waals surface area contributed by atoms with Crippen LogP contribution in [0.4, 0.5) is 5.69 Å². The molecule has 1 aliphatic rings. The van der Waals surface area contributed by atoms with E-state index >= 15 is 0 Å². The molecule has 2 N–H and O–H groups in total. The van der Waals surface area contributed by atoms with E-state index in [-0.39, 0.29) is 5.91 Å². The van der Waals surface area contributed by atoms with Crippen LogP contribution in [0.1, 0.15) is 18.4 Å². The number of anilines is 1. The maximum atomic E-state index is 11.6. The molecule has 0 atom stereocenters. The van der Waals surface area contributed by atoms with Gasteiger partial charge in [0.1, 0.15) is 0 Å². The fourth-order valence-corrected chi connectivity index (χ4v) is 2.32. The minimum Gasteiger partial charge on any atom is -0.325 e. The third kappa shape index (κ3) is 3.55. The summed E-state index contributed by atoms with van der Waals surface area (Å²) in [5.41, 5.74) is 2.13. The van der Waals surface area contributed by atoms with E-state index in [9.17, 15) is 4.79 Å². The Morgan fingerprint density at radius 3 is 2.72 bits per heavy atom. The summed E-state index contributed by atoms with van der Waals surface area (Å²) in [7, 11) is 1.77. The summed E-state index contributed by atoms with van der Waals surface area (Å²) in [6.07, 6.45) is 2.57. The molecule has 0 saturated carbocycles. The molecule has 4 nitrogen and oxygen atoms in total. The number of nitrogens with one attached hydrogen (secondary N) is 2. The smallest absolute Gasteiger partial charge is 0.238 e. The number of carbonyl (C=O) groups is 1. The molecular weight excluding hydrogens is 226 g/mol. The highest BCUT2D eigenvalue weighted by Gasteiger charge is 2.14. The van der Waals surface area contributed by atoms with Crippen molar-refractivity contribution in [3.8, 4) is 0 Å². The van der Waals surface area contributed by atoms with Crippen molar-refractivity contribution in [1.29, 1.82) is 0 Å². The molecule has 0 unspecified atom stereocenters. The standard InChI is InChI=1S/C14H21N3O/c1-15-10-14(18)16-13-7-3-2-6-12(13)11-17-8-4-5-9-17/h2-3,6-7,15H,4-5,8-11H2,1H3,(H,16,18). The lowest BCUT2D eigenvalue weighted by Crippen LogP contribution is -2.26. The van der Waals surface area contributed by atoms with E-state index in [1.165, 1.54) is 31.5 Å². The van der Waals surface area contributed by atoms with E-state index in [1.54, 1.807) is 7.05 Å². The number of likely N-dealkylation sites (tertiary alicyclic amines) is 1. The van der Waals surface area contributed by atoms with Gasteiger partial charge in [0.2, 0.25) is 5.91 Å². The first-order valence-electron chi connectivity index (χ1n) is 6.54. The van der Waals surface area contributed by atoms with Crippen LogP contribution in [0.2, 0.25) is 0 Å². The fourth-order valence-electron chi connectivity index (χ4n) is 2.32. The molecule has 0 aliphatic carbocycles. The summed E-state index contributed by atoms with van der Waals surface area (Å²) < 4.78 is 0. The molecule has 0 radical (unpaired) electrons. The lowest BCUT2D eigenvalue weighted by molar-refractivity contribution is -0.115. The summed E-state index contributed by atoms with van der Waals surface area (Å²) in [6.45, 7) is 3.60. The van der Waals surface area contributed by atoms with Crippen LogP contribution < -0.4 is 10.6 Å². The summed E-state index contributed by atoms with van der Waals surface area (Å²) in [6, 6.07) is 8.05. The number of rotatable bonds is 5. The van der Waals surface area contributed by atoms with Crippen molar-refractivity contribution in [1.82, 2.24) is 10.2 Å². The van der Waals surface area contributed by atoms with Crippen LogP contribution in [-0.2, 0) is 11.3 Å². The third-order valence-electron chi connectivity index (χ3n) is 3.22. The van der Waals surface area contributed by atoms with Crippen molar-refractivity contribution in [2.75, 3.05) is 32.0 Å². The SMILES string of the molecule is CNCC(=O)Nc1ccccc1CN1CCCC1. The van der Waals surface area contributed by atoms with Crippen molar-refractivity contribution in [2.24, 2.45) is 0 Å². The van der Waals surface area contributed by atoms with Gasteiger partial charge in [0.15, 0.2) is 0 Å². The average Bonchev–Trinajstić information content (AvgIpc) is 2.85. The van der Waals surface area contributed by atoms with Crippen LogP contribution >= 0.6 is 0 Å². The van der Waals surface area contributed by atoms with Gasteiger partial charge in [0.05, 0.1) is 6.54 Å². The molecule has 0 bridgehead atoms. The topological polar surface area (TPSA) is 44.4 Å². The van der Waals surface area contributed by atoms with E-state index in [0.29, 0.717) is 6.54 Å². The largest absolute Gasteiger partial charge is 0.325 e. The lowest BCUT2D eigenvalue weighted by atomic mass is 10.1. The van der Waals surface area contributed by atoms with Crippen molar-refractivity contribution < 1.29 is 4.79 Å². The van der Waals surface area contributed by atoms with E-state index in [1.807, 2.05) is 18.2 Å². The molecule has 1 aromatic rings. The normalized spacial score (nSPS) is 15.8. The minimum absolute atomic E-state index is 0.00590. The number of hydrogen-bond donors (Lipinski definition) is 2. The van der Waals surface area contributed by atoms with E-state index in [0.717, 1.165) is 12.2 Å². The summed E-state index contributed by atoms with van der Waals surface area (Å²) in [4.78, 5) is 14.0. The van der Waals surface area contributed by atoms with Crippen molar-refractivity contribution in [3.05, 3.63) is 29.8 Å². The summed E-state index contributed by atoms with van der Waals surface area (Å²) in [5.74, 6) is 0.00590. The predicted octanol–water partition coefficient (Wildman–Crippen LogP) is 1.44. The molecule has 1 amide bonds. The maximum Gasteiger partial charge on any atom is 0.238 e. The second-order valence-corrected chi connectivity index (χ2v) is 4.72. The number of para-hydroxylation sites is 1. The van der Waals surface area contributed by atoms with Crippen molar-refractivity contribution >= 4 is 11.6 Å². The van der Waals surface area contributed by atoms with E-state index in [2.05, 4.69) is 21.6 Å². The molecule has 2 rings (SSSR count). The van der Waals surface area contributed by atoms with Gasteiger partial charge in [0, 0.05) is 12.2 Å². The highest BCUT2D eigenvalue weighted by atomic mass is 16.1. The Morgan fingerprint density at radius 2 is 2.00 bits per heavy atom. The first-order valence-corrected chi connectivity index (χ1v) is 6.54. The summed E-state index contributed by atoms with van der Waals surface area (Å²) >= 11 is 0. The van der Waals surface area contributed by atoms with Gasteiger partial charge in [-0.25, -0.2) is 0 Å². The Kier molecular flexibility index (Phi) is 4.73. The number of nitrogens with zero attached hydrogens (tertiary/aromatic N) is 1. The molecule has 0 aromatic heterocycles. The van der Waals surface area contributed by atoms with Crippen LogP contribution in [0.15, 0.2) is 24.3 Å². The van der Waals surface area contributed by atoms with Crippen molar-refractivity contribution in [3.63, 3.8) is 0 Å². The van der Waals surface area contributed by atoms with Gasteiger partial charge in [-0.15, -0.1) is 0 Å². The second kappa shape index (κ2) is 6.52. The number of likely N-dealkylation sites (N-methyl/N-ethyl adjacent to an activating group) is 1. The second-order valence-electron chi connectivity index (χ2n) is 4.72. The van der Waals surface area contributed by atoms with Crippen LogP contribution in [0.5, 0.6) is 0 Å². The van der Waals surface area contributed by atoms with Gasteiger partial charge in [0.25, 0.3) is 0 Å². The Labute approximate surface area is 108 Å². The number of amides is 1. The molecule has 1 aliphatic heterocycles. The zero-order valence-corrected chi connectivity index (χ0v) is 10.9. The Bertz CT molecular complexity index is 400. The maximum absolute atomic E-state index is 11.6. The molecule has 98 valence electrons. The number of hydrogen-bond acceptors (Lipinski definition) is 3. The van der Waals surface area contributed by atoms with Gasteiger partial charge in [-0.1, -0.05) is 18.2 Å². The molecule has 1 saturated heterocycles. The zero-order valence-electron chi connectivity index (χ0n) is 10.9. The monoisotopic (exact) mass is 247 g/mol. The summed E-state index contributed by atoms with van der Waals surface area (Å²) in [5, 5.41) is 5.82. The van der Waals surface area contributed by atoms with Gasteiger partial charge in [-0.3, -0.25) is 9.69 Å². The molecule has 1 fully saturated rings. The van der Waals surface area contributed by atoms with Crippen LogP contribution in [0.25, 0.3) is 0 Å². The minimum atomic E-state index is 0.00590. The van der Waals surface area contributed by atoms with Gasteiger partial charge in [-0.2, -0.15) is 0 Å². The van der Waals surface area contributed by atoms with Crippen LogP contribution in [-0.4, -0.2) is 37.5 Å². The third-order valence-corrected chi connectivity index (χ3v) is 3.22. The molecule has 1 aromatic carbocycles. The van der Waals surface area contributed by atoms with Crippen molar-refractivity contribution in [2.45, 2.75) is 19.4 Å². The quantitative estimate of drug-likeness (QED) is 0.827. The van der Waals surface area contributed by atoms with Crippen LogP contribution in [0, 0.1) is 0 Å². The Morgan fingerprint density at radius 1 is 1.28 bits per heavy atom. The first-order chi connectivity index (χ1) is 8.79. The fraction of sp³-hybridized carbons (Fsp3) is 0.500. The Hall–Kier alpha value is -1.39. The van der Waals surface area contributed by atoms with Gasteiger partial charge >= 0.3 is 0 Å². The average molecular weight is 247 g/mol. The molecular formula is C14H21N3O. The molecule has 0 spiro atoms. The first kappa shape index (κ1) is 13.1.